The van der Waals surface area contributed by atoms with Crippen molar-refractivity contribution in [2.45, 2.75) is 45.2 Å². The SMILES string of the molecule is COC(=O)[C@H](NC(=O)N[C@H](C=O)CCCCNC(=O)c1ccccc1)C(C)C. The van der Waals surface area contributed by atoms with Crippen LogP contribution in [-0.4, -0.2) is 49.9 Å². The molecule has 0 aliphatic carbocycles. The summed E-state index contributed by atoms with van der Waals surface area (Å²) < 4.78 is 4.66. The molecule has 2 atom stereocenters. The van der Waals surface area contributed by atoms with Crippen LogP contribution in [0.5, 0.6) is 0 Å². The molecule has 0 saturated heterocycles. The summed E-state index contributed by atoms with van der Waals surface area (Å²) >= 11 is 0. The normalized spacial score (nSPS) is 12.6. The quantitative estimate of drug-likeness (QED) is 0.302. The molecule has 8 heteroatoms. The lowest BCUT2D eigenvalue weighted by Crippen LogP contribution is -2.51. The van der Waals surface area contributed by atoms with Crippen LogP contribution in [0, 0.1) is 5.92 Å². The first-order valence-corrected chi connectivity index (χ1v) is 9.32. The van der Waals surface area contributed by atoms with E-state index >= 15 is 0 Å². The Hall–Kier alpha value is -2.90. The topological polar surface area (TPSA) is 114 Å². The highest BCUT2D eigenvalue weighted by Gasteiger charge is 2.25. The Balaban J connectivity index is 2.32. The van der Waals surface area contributed by atoms with E-state index in [2.05, 4.69) is 20.7 Å². The molecule has 0 saturated carbocycles. The second kappa shape index (κ2) is 12.5. The summed E-state index contributed by atoms with van der Waals surface area (Å²) in [4.78, 5) is 46.8. The van der Waals surface area contributed by atoms with Crippen molar-refractivity contribution in [3.05, 3.63) is 35.9 Å². The van der Waals surface area contributed by atoms with Gasteiger partial charge in [0.05, 0.1) is 13.2 Å². The van der Waals surface area contributed by atoms with Crippen LogP contribution in [-0.2, 0) is 14.3 Å². The first kappa shape index (κ1) is 23.1. The van der Waals surface area contributed by atoms with Gasteiger partial charge in [0.25, 0.3) is 5.91 Å². The number of hydrogen-bond acceptors (Lipinski definition) is 5. The number of urea groups is 1. The molecule has 154 valence electrons. The molecule has 0 aromatic heterocycles. The number of aldehydes is 1. The van der Waals surface area contributed by atoms with Gasteiger partial charge in [-0.25, -0.2) is 9.59 Å². The number of amides is 3. The van der Waals surface area contributed by atoms with Gasteiger partial charge in [-0.3, -0.25) is 4.79 Å². The summed E-state index contributed by atoms with van der Waals surface area (Å²) in [6.07, 6.45) is 2.40. The van der Waals surface area contributed by atoms with Gasteiger partial charge in [-0.2, -0.15) is 0 Å². The van der Waals surface area contributed by atoms with Crippen molar-refractivity contribution in [3.63, 3.8) is 0 Å². The van der Waals surface area contributed by atoms with Gasteiger partial charge in [-0.1, -0.05) is 32.0 Å². The van der Waals surface area contributed by atoms with E-state index in [9.17, 15) is 19.2 Å². The minimum absolute atomic E-state index is 0.146. The van der Waals surface area contributed by atoms with Crippen molar-refractivity contribution in [2.24, 2.45) is 5.92 Å². The number of nitrogens with one attached hydrogen (secondary N) is 3. The van der Waals surface area contributed by atoms with Gasteiger partial charge in [0, 0.05) is 12.1 Å². The molecule has 3 amide bonds. The maximum absolute atomic E-state index is 12.0. The molecule has 0 heterocycles. The van der Waals surface area contributed by atoms with E-state index in [4.69, 9.17) is 0 Å². The zero-order chi connectivity index (χ0) is 20.9. The summed E-state index contributed by atoms with van der Waals surface area (Å²) in [6, 6.07) is 6.85. The number of hydrogen-bond donors (Lipinski definition) is 3. The van der Waals surface area contributed by atoms with E-state index in [1.807, 2.05) is 6.07 Å². The van der Waals surface area contributed by atoms with Gasteiger partial charge in [-0.05, 0) is 37.3 Å². The molecule has 0 radical (unpaired) electrons. The fourth-order valence-electron chi connectivity index (χ4n) is 2.53. The molecule has 0 bridgehead atoms. The third-order valence-electron chi connectivity index (χ3n) is 4.15. The number of benzene rings is 1. The maximum Gasteiger partial charge on any atom is 0.328 e. The van der Waals surface area contributed by atoms with E-state index in [1.165, 1.54) is 7.11 Å². The van der Waals surface area contributed by atoms with Crippen LogP contribution in [0.3, 0.4) is 0 Å². The molecule has 0 aliphatic heterocycles. The molecule has 1 aromatic carbocycles. The van der Waals surface area contributed by atoms with Crippen molar-refractivity contribution >= 4 is 24.2 Å². The fraction of sp³-hybridized carbons (Fsp3) is 0.500. The van der Waals surface area contributed by atoms with Crippen LogP contribution in [0.4, 0.5) is 4.79 Å². The van der Waals surface area contributed by atoms with Crippen LogP contribution >= 0.6 is 0 Å². The summed E-state index contributed by atoms with van der Waals surface area (Å²) in [5.41, 5.74) is 0.594. The third-order valence-corrected chi connectivity index (χ3v) is 4.15. The molecule has 1 rings (SSSR count). The van der Waals surface area contributed by atoms with Crippen molar-refractivity contribution in [1.29, 1.82) is 0 Å². The summed E-state index contributed by atoms with van der Waals surface area (Å²) in [6.45, 7) is 4.04. The average molecular weight is 391 g/mol. The van der Waals surface area contributed by atoms with E-state index in [1.54, 1.807) is 38.1 Å². The first-order valence-electron chi connectivity index (χ1n) is 9.32. The largest absolute Gasteiger partial charge is 0.467 e. The average Bonchev–Trinajstić information content (AvgIpc) is 2.70. The lowest BCUT2D eigenvalue weighted by atomic mass is 10.1. The predicted molar refractivity (Wildman–Crippen MR) is 105 cm³/mol. The Kier molecular flexibility index (Phi) is 10.3. The Morgan fingerprint density at radius 1 is 1.07 bits per heavy atom. The molecule has 8 nitrogen and oxygen atoms in total. The summed E-state index contributed by atoms with van der Waals surface area (Å²) in [5, 5.41) is 7.88. The zero-order valence-electron chi connectivity index (χ0n) is 16.6. The molecule has 0 aliphatic rings. The third kappa shape index (κ3) is 8.20. The molecule has 0 unspecified atom stereocenters. The molecular weight excluding hydrogens is 362 g/mol. The van der Waals surface area contributed by atoms with Crippen LogP contribution in [0.15, 0.2) is 30.3 Å². The number of carbonyl (C=O) groups excluding carboxylic acids is 4. The van der Waals surface area contributed by atoms with Crippen molar-refractivity contribution in [2.75, 3.05) is 13.7 Å². The van der Waals surface area contributed by atoms with Crippen molar-refractivity contribution in [1.82, 2.24) is 16.0 Å². The number of carbonyl (C=O) groups is 4. The minimum Gasteiger partial charge on any atom is -0.467 e. The number of esters is 1. The highest BCUT2D eigenvalue weighted by molar-refractivity contribution is 5.94. The first-order chi connectivity index (χ1) is 13.4. The van der Waals surface area contributed by atoms with E-state index < -0.39 is 24.1 Å². The highest BCUT2D eigenvalue weighted by Crippen LogP contribution is 2.04. The Morgan fingerprint density at radius 3 is 2.32 bits per heavy atom. The Morgan fingerprint density at radius 2 is 1.75 bits per heavy atom. The van der Waals surface area contributed by atoms with Crippen LogP contribution in [0.2, 0.25) is 0 Å². The van der Waals surface area contributed by atoms with Crippen LogP contribution in [0.1, 0.15) is 43.5 Å². The van der Waals surface area contributed by atoms with Gasteiger partial charge in [0.2, 0.25) is 0 Å². The number of methoxy groups -OCH3 is 1. The van der Waals surface area contributed by atoms with Crippen molar-refractivity contribution < 1.29 is 23.9 Å². The molecule has 28 heavy (non-hydrogen) atoms. The lowest BCUT2D eigenvalue weighted by Gasteiger charge is -2.21. The van der Waals surface area contributed by atoms with Gasteiger partial charge in [-0.15, -0.1) is 0 Å². The van der Waals surface area contributed by atoms with Crippen LogP contribution < -0.4 is 16.0 Å². The highest BCUT2D eigenvalue weighted by atomic mass is 16.5. The summed E-state index contributed by atoms with van der Waals surface area (Å²) in [7, 11) is 1.25. The second-order valence-corrected chi connectivity index (χ2v) is 6.72. The van der Waals surface area contributed by atoms with E-state index in [0.717, 1.165) is 0 Å². The predicted octanol–water partition coefficient (Wildman–Crippen LogP) is 1.65. The van der Waals surface area contributed by atoms with Crippen molar-refractivity contribution in [3.8, 4) is 0 Å². The van der Waals surface area contributed by atoms with E-state index in [0.29, 0.717) is 37.7 Å². The number of ether oxygens (including phenoxy) is 1. The van der Waals surface area contributed by atoms with Gasteiger partial charge < -0.3 is 25.5 Å². The minimum atomic E-state index is -0.787. The fourth-order valence-corrected chi connectivity index (χ4v) is 2.53. The van der Waals surface area contributed by atoms with Gasteiger partial charge >= 0.3 is 12.0 Å². The standard InChI is InChI=1S/C20H29N3O5/c1-14(2)17(19(26)28-3)23-20(27)22-16(13-24)11-7-8-12-21-18(25)15-9-5-4-6-10-15/h4-6,9-10,13-14,16-17H,7-8,11-12H2,1-3H3,(H,21,25)(H2,22,23,27)/t16-,17+/m0/s1. The lowest BCUT2D eigenvalue weighted by molar-refractivity contribution is -0.144. The zero-order valence-corrected chi connectivity index (χ0v) is 16.6. The molecule has 0 spiro atoms. The smallest absolute Gasteiger partial charge is 0.328 e. The second-order valence-electron chi connectivity index (χ2n) is 6.72. The van der Waals surface area contributed by atoms with E-state index in [-0.39, 0.29) is 11.8 Å². The Labute approximate surface area is 165 Å². The van der Waals surface area contributed by atoms with Crippen LogP contribution in [0.25, 0.3) is 0 Å². The molecule has 0 fully saturated rings. The number of rotatable bonds is 11. The number of unbranched alkanes of at least 4 members (excludes halogenated alkanes) is 1. The van der Waals surface area contributed by atoms with Gasteiger partial charge in [0.15, 0.2) is 0 Å². The molecule has 1 aromatic rings. The maximum atomic E-state index is 12.0. The summed E-state index contributed by atoms with van der Waals surface area (Å²) in [5.74, 6) is -0.837. The monoisotopic (exact) mass is 391 g/mol. The molecule has 3 N–H and O–H groups in total. The Bertz CT molecular complexity index is 649. The van der Waals surface area contributed by atoms with Gasteiger partial charge in [0.1, 0.15) is 12.3 Å². The molecular formula is C20H29N3O5.